The standard InChI is InChI=1S/C12H18O8/c1-11(2)19-8(9(14)17-4)12(20-11,10(15)18-5)6-7(13)16-3/h8H,6H2,1-5H3/t8-,12-/m1/s1. The van der Waals surface area contributed by atoms with Crippen LogP contribution in [0.3, 0.4) is 0 Å². The molecular weight excluding hydrogens is 272 g/mol. The van der Waals surface area contributed by atoms with E-state index in [4.69, 9.17) is 9.47 Å². The second-order valence-electron chi connectivity index (χ2n) is 4.66. The first-order valence-corrected chi connectivity index (χ1v) is 5.83. The van der Waals surface area contributed by atoms with Crippen LogP contribution in [0.4, 0.5) is 0 Å². The summed E-state index contributed by atoms with van der Waals surface area (Å²) in [5, 5.41) is 0. The Balaban J connectivity index is 3.26. The quantitative estimate of drug-likeness (QED) is 0.518. The third kappa shape index (κ3) is 2.91. The van der Waals surface area contributed by atoms with Crippen molar-refractivity contribution in [1.29, 1.82) is 0 Å². The first-order chi connectivity index (χ1) is 9.22. The van der Waals surface area contributed by atoms with Crippen LogP contribution in [-0.2, 0) is 38.1 Å². The molecule has 1 aliphatic heterocycles. The van der Waals surface area contributed by atoms with Crippen molar-refractivity contribution >= 4 is 17.9 Å². The second-order valence-corrected chi connectivity index (χ2v) is 4.66. The summed E-state index contributed by atoms with van der Waals surface area (Å²) in [5.74, 6) is -3.76. The zero-order valence-corrected chi connectivity index (χ0v) is 12.1. The van der Waals surface area contributed by atoms with Gasteiger partial charge >= 0.3 is 17.9 Å². The summed E-state index contributed by atoms with van der Waals surface area (Å²) in [5.41, 5.74) is -1.93. The van der Waals surface area contributed by atoms with Gasteiger partial charge in [-0.1, -0.05) is 0 Å². The molecule has 0 aromatic rings. The lowest BCUT2D eigenvalue weighted by molar-refractivity contribution is -0.192. The van der Waals surface area contributed by atoms with E-state index in [1.165, 1.54) is 13.8 Å². The van der Waals surface area contributed by atoms with Gasteiger partial charge in [-0.3, -0.25) is 4.79 Å². The van der Waals surface area contributed by atoms with Gasteiger partial charge in [0, 0.05) is 0 Å². The number of carbonyl (C=O) groups is 3. The highest BCUT2D eigenvalue weighted by atomic mass is 16.8. The van der Waals surface area contributed by atoms with Crippen molar-refractivity contribution in [1.82, 2.24) is 0 Å². The minimum absolute atomic E-state index is 0.528. The summed E-state index contributed by atoms with van der Waals surface area (Å²) in [4.78, 5) is 35.4. The third-order valence-electron chi connectivity index (χ3n) is 2.83. The first kappa shape index (κ1) is 16.4. The Hall–Kier alpha value is -1.67. The number of carbonyl (C=O) groups excluding carboxylic acids is 3. The molecule has 0 saturated carbocycles. The zero-order valence-electron chi connectivity index (χ0n) is 12.1. The highest BCUT2D eigenvalue weighted by Crippen LogP contribution is 2.40. The van der Waals surface area contributed by atoms with E-state index in [1.807, 2.05) is 0 Å². The van der Waals surface area contributed by atoms with E-state index in [-0.39, 0.29) is 0 Å². The smallest absolute Gasteiger partial charge is 0.342 e. The fraction of sp³-hybridized carbons (Fsp3) is 0.750. The molecule has 0 radical (unpaired) electrons. The highest BCUT2D eigenvalue weighted by Gasteiger charge is 2.64. The normalized spacial score (nSPS) is 27.8. The molecule has 0 bridgehead atoms. The van der Waals surface area contributed by atoms with Gasteiger partial charge in [-0.2, -0.15) is 0 Å². The van der Waals surface area contributed by atoms with Gasteiger partial charge in [0.25, 0.3) is 0 Å². The lowest BCUT2D eigenvalue weighted by Crippen LogP contribution is -2.53. The number of methoxy groups -OCH3 is 3. The maximum Gasteiger partial charge on any atom is 0.342 e. The van der Waals surface area contributed by atoms with Gasteiger partial charge in [0.2, 0.25) is 5.60 Å². The van der Waals surface area contributed by atoms with Crippen molar-refractivity contribution in [3.63, 3.8) is 0 Å². The molecule has 1 heterocycles. The van der Waals surface area contributed by atoms with Crippen LogP contribution in [-0.4, -0.2) is 56.7 Å². The lowest BCUT2D eigenvalue weighted by Gasteiger charge is -2.27. The van der Waals surface area contributed by atoms with Crippen LogP contribution in [0, 0.1) is 0 Å². The average Bonchev–Trinajstić information content (AvgIpc) is 2.68. The van der Waals surface area contributed by atoms with E-state index >= 15 is 0 Å². The van der Waals surface area contributed by atoms with Gasteiger partial charge in [0.1, 0.15) is 0 Å². The van der Waals surface area contributed by atoms with Crippen LogP contribution in [0.2, 0.25) is 0 Å². The largest absolute Gasteiger partial charge is 0.469 e. The summed E-state index contributed by atoms with van der Waals surface area (Å²) in [6, 6.07) is 0. The maximum absolute atomic E-state index is 12.1. The average molecular weight is 290 g/mol. The molecule has 0 aromatic heterocycles. The van der Waals surface area contributed by atoms with E-state index in [2.05, 4.69) is 14.2 Å². The molecule has 1 fully saturated rings. The second kappa shape index (κ2) is 5.76. The van der Waals surface area contributed by atoms with Crippen molar-refractivity contribution in [3.05, 3.63) is 0 Å². The maximum atomic E-state index is 12.1. The predicted octanol–water partition coefficient (Wildman–Crippen LogP) is -0.214. The Morgan fingerprint density at radius 3 is 2.10 bits per heavy atom. The molecule has 1 saturated heterocycles. The molecule has 0 aromatic carbocycles. The third-order valence-corrected chi connectivity index (χ3v) is 2.83. The zero-order chi connectivity index (χ0) is 15.6. The Labute approximate surface area is 116 Å². The van der Waals surface area contributed by atoms with E-state index in [0.29, 0.717) is 0 Å². The molecule has 8 nitrogen and oxygen atoms in total. The number of esters is 3. The van der Waals surface area contributed by atoms with Gasteiger partial charge in [-0.25, -0.2) is 9.59 Å². The summed E-state index contributed by atoms with van der Waals surface area (Å²) >= 11 is 0. The van der Waals surface area contributed by atoms with Crippen molar-refractivity contribution in [2.24, 2.45) is 0 Å². The van der Waals surface area contributed by atoms with Crippen molar-refractivity contribution in [3.8, 4) is 0 Å². The lowest BCUT2D eigenvalue weighted by atomic mass is 9.92. The van der Waals surface area contributed by atoms with Crippen molar-refractivity contribution in [2.75, 3.05) is 21.3 Å². The molecule has 2 atom stereocenters. The number of hydrogen-bond acceptors (Lipinski definition) is 8. The number of rotatable bonds is 4. The van der Waals surface area contributed by atoms with Gasteiger partial charge in [0.05, 0.1) is 27.8 Å². The van der Waals surface area contributed by atoms with E-state index < -0.39 is 41.8 Å². The van der Waals surface area contributed by atoms with Crippen molar-refractivity contribution in [2.45, 2.75) is 37.8 Å². The molecule has 1 rings (SSSR count). The van der Waals surface area contributed by atoms with Crippen LogP contribution < -0.4 is 0 Å². The minimum atomic E-state index is -1.93. The van der Waals surface area contributed by atoms with Gasteiger partial charge < -0.3 is 23.7 Å². The van der Waals surface area contributed by atoms with E-state index in [1.54, 1.807) is 0 Å². The Morgan fingerprint density at radius 2 is 1.65 bits per heavy atom. The number of hydrogen-bond donors (Lipinski definition) is 0. The fourth-order valence-corrected chi connectivity index (χ4v) is 2.05. The molecule has 8 heteroatoms. The molecule has 0 aliphatic carbocycles. The Bertz CT molecular complexity index is 416. The van der Waals surface area contributed by atoms with E-state index in [9.17, 15) is 14.4 Å². The van der Waals surface area contributed by atoms with Crippen LogP contribution in [0.5, 0.6) is 0 Å². The number of ether oxygens (including phenoxy) is 5. The van der Waals surface area contributed by atoms with Crippen LogP contribution >= 0.6 is 0 Å². The molecule has 1 aliphatic rings. The summed E-state index contributed by atoms with van der Waals surface area (Å²) < 4.78 is 24.6. The van der Waals surface area contributed by atoms with Crippen LogP contribution in [0.1, 0.15) is 20.3 Å². The highest BCUT2D eigenvalue weighted by molar-refractivity contribution is 5.93. The SMILES string of the molecule is COC(=O)C[C@@]1(C(=O)OC)OC(C)(C)O[C@@H]1C(=O)OC. The van der Waals surface area contributed by atoms with Crippen molar-refractivity contribution < 1.29 is 38.1 Å². The predicted molar refractivity (Wildman–Crippen MR) is 63.4 cm³/mol. The molecule has 0 spiro atoms. The summed E-state index contributed by atoms with van der Waals surface area (Å²) in [6.07, 6.45) is -1.95. The molecule has 0 amide bonds. The Morgan fingerprint density at radius 1 is 1.05 bits per heavy atom. The Kier molecular flexibility index (Phi) is 4.72. The molecular formula is C12H18O8. The van der Waals surface area contributed by atoms with Gasteiger partial charge in [-0.05, 0) is 13.8 Å². The first-order valence-electron chi connectivity index (χ1n) is 5.83. The molecule has 20 heavy (non-hydrogen) atoms. The van der Waals surface area contributed by atoms with Crippen LogP contribution in [0.15, 0.2) is 0 Å². The summed E-state index contributed by atoms with van der Waals surface area (Å²) in [7, 11) is 3.41. The topological polar surface area (TPSA) is 97.4 Å². The minimum Gasteiger partial charge on any atom is -0.469 e. The van der Waals surface area contributed by atoms with Crippen LogP contribution in [0.25, 0.3) is 0 Å². The van der Waals surface area contributed by atoms with Gasteiger partial charge in [-0.15, -0.1) is 0 Å². The monoisotopic (exact) mass is 290 g/mol. The van der Waals surface area contributed by atoms with Gasteiger partial charge in [0.15, 0.2) is 11.9 Å². The van der Waals surface area contributed by atoms with E-state index in [0.717, 1.165) is 21.3 Å². The fourth-order valence-electron chi connectivity index (χ4n) is 2.05. The summed E-state index contributed by atoms with van der Waals surface area (Å²) in [6.45, 7) is 3.01. The molecule has 0 N–H and O–H groups in total. The molecule has 114 valence electrons. The molecule has 0 unspecified atom stereocenters.